The lowest BCUT2D eigenvalue weighted by Crippen LogP contribution is -2.05. The van der Waals surface area contributed by atoms with Gasteiger partial charge in [-0.3, -0.25) is 0 Å². The van der Waals surface area contributed by atoms with Crippen molar-refractivity contribution in [2.45, 2.75) is 11.8 Å². The number of nitrogens with zero attached hydrogens (tertiary/aromatic N) is 2. The molecule has 0 saturated carbocycles. The highest BCUT2D eigenvalue weighted by molar-refractivity contribution is 7.97. The molecule has 0 aromatic heterocycles. The summed E-state index contributed by atoms with van der Waals surface area (Å²) in [5.74, 6) is 1.30. The zero-order valence-corrected chi connectivity index (χ0v) is 15.1. The number of methoxy groups -OCH3 is 2. The van der Waals surface area contributed by atoms with Gasteiger partial charge in [-0.25, -0.2) is 4.99 Å². The predicted molar refractivity (Wildman–Crippen MR) is 97.5 cm³/mol. The Labute approximate surface area is 146 Å². The molecule has 0 unspecified atom stereocenters. The zero-order valence-electron chi connectivity index (χ0n) is 13.5. The number of benzene rings is 2. The van der Waals surface area contributed by atoms with Crippen LogP contribution in [0.25, 0.3) is 0 Å². The van der Waals surface area contributed by atoms with Gasteiger partial charge in [0.05, 0.1) is 14.2 Å². The van der Waals surface area contributed by atoms with Crippen LogP contribution in [0.4, 0.5) is 5.69 Å². The number of aryl methyl sites for hydroxylation is 1. The van der Waals surface area contributed by atoms with E-state index in [9.17, 15) is 0 Å². The van der Waals surface area contributed by atoms with Crippen LogP contribution in [-0.4, -0.2) is 31.9 Å². The second-order valence-corrected chi connectivity index (χ2v) is 6.47. The van der Waals surface area contributed by atoms with Gasteiger partial charge in [0.25, 0.3) is 0 Å². The number of hydrogen-bond acceptors (Lipinski definition) is 4. The Hall–Kier alpha value is -1.85. The molecule has 0 aliphatic rings. The molecule has 0 aliphatic carbocycles. The second-order valence-electron chi connectivity index (χ2n) is 4.80. The first-order valence-corrected chi connectivity index (χ1v) is 8.12. The van der Waals surface area contributed by atoms with E-state index in [2.05, 4.69) is 4.99 Å². The third-order valence-corrected chi connectivity index (χ3v) is 4.25. The fourth-order valence-corrected chi connectivity index (χ4v) is 2.80. The van der Waals surface area contributed by atoms with E-state index in [-0.39, 0.29) is 0 Å². The summed E-state index contributed by atoms with van der Waals surface area (Å²) >= 11 is 7.45. The maximum atomic E-state index is 5.89. The topological polar surface area (TPSA) is 34.1 Å². The van der Waals surface area contributed by atoms with Crippen molar-refractivity contribution in [3.8, 4) is 11.5 Å². The van der Waals surface area contributed by atoms with Gasteiger partial charge >= 0.3 is 0 Å². The Kier molecular flexibility index (Phi) is 6.19. The molecular weight excluding hydrogens is 332 g/mol. The molecule has 0 atom stereocenters. The third-order valence-electron chi connectivity index (χ3n) is 3.13. The molecular formula is C17H19ClN2O2S. The first-order chi connectivity index (χ1) is 11.0. The Morgan fingerprint density at radius 1 is 1.09 bits per heavy atom. The van der Waals surface area contributed by atoms with Crippen LogP contribution in [0.2, 0.25) is 5.02 Å². The van der Waals surface area contributed by atoms with Gasteiger partial charge < -0.3 is 13.8 Å². The second kappa shape index (κ2) is 8.13. The van der Waals surface area contributed by atoms with Crippen LogP contribution in [0.15, 0.2) is 46.3 Å². The van der Waals surface area contributed by atoms with Gasteiger partial charge in [0, 0.05) is 17.0 Å². The number of aliphatic imine (C=N–C) groups is 1. The summed E-state index contributed by atoms with van der Waals surface area (Å²) in [5, 5.41) is 0.724. The fourth-order valence-electron chi connectivity index (χ4n) is 1.99. The molecule has 6 heteroatoms. The third kappa shape index (κ3) is 4.56. The summed E-state index contributed by atoms with van der Waals surface area (Å²) < 4.78 is 12.7. The molecule has 122 valence electrons. The van der Waals surface area contributed by atoms with E-state index in [1.54, 1.807) is 32.5 Å². The predicted octanol–water partition coefficient (Wildman–Crippen LogP) is 4.96. The summed E-state index contributed by atoms with van der Waals surface area (Å²) in [7, 11) is 5.16. The Morgan fingerprint density at radius 2 is 1.78 bits per heavy atom. The quantitative estimate of drug-likeness (QED) is 0.418. The van der Waals surface area contributed by atoms with Crippen LogP contribution in [0.3, 0.4) is 0 Å². The van der Waals surface area contributed by atoms with Gasteiger partial charge in [0.15, 0.2) is 11.5 Å². The molecule has 2 aromatic rings. The molecule has 0 radical (unpaired) electrons. The first kappa shape index (κ1) is 17.5. The maximum Gasteiger partial charge on any atom is 0.186 e. The summed E-state index contributed by atoms with van der Waals surface area (Å²) in [4.78, 5) is 5.63. The number of rotatable bonds is 6. The molecule has 0 amide bonds. The summed E-state index contributed by atoms with van der Waals surface area (Å²) in [6.45, 7) is 1.99. The lowest BCUT2D eigenvalue weighted by Gasteiger charge is -2.14. The van der Waals surface area contributed by atoms with Gasteiger partial charge in [0.2, 0.25) is 0 Å². The average Bonchev–Trinajstić information content (AvgIpc) is 2.55. The van der Waals surface area contributed by atoms with Crippen molar-refractivity contribution in [1.29, 1.82) is 0 Å². The standard InChI is InChI=1S/C17H19ClN2O2S/c1-12-5-10-15(21-3)17(22-4)16(12)19-11-20(2)23-14-8-6-13(18)7-9-14/h5-11H,1-4H3. The Morgan fingerprint density at radius 3 is 2.39 bits per heavy atom. The van der Waals surface area contributed by atoms with Crippen molar-refractivity contribution in [3.63, 3.8) is 0 Å². The highest BCUT2D eigenvalue weighted by Crippen LogP contribution is 2.39. The van der Waals surface area contributed by atoms with Crippen LogP contribution in [0.1, 0.15) is 5.56 Å². The Bertz CT molecular complexity index is 690. The lowest BCUT2D eigenvalue weighted by atomic mass is 10.2. The van der Waals surface area contributed by atoms with Crippen molar-refractivity contribution in [3.05, 3.63) is 47.0 Å². The van der Waals surface area contributed by atoms with E-state index in [4.69, 9.17) is 21.1 Å². The number of halogens is 1. The molecule has 23 heavy (non-hydrogen) atoms. The minimum atomic E-state index is 0.633. The number of hydrogen-bond donors (Lipinski definition) is 0. The van der Waals surface area contributed by atoms with Crippen LogP contribution in [0, 0.1) is 6.92 Å². The highest BCUT2D eigenvalue weighted by atomic mass is 35.5. The van der Waals surface area contributed by atoms with Crippen molar-refractivity contribution >= 4 is 35.6 Å². The van der Waals surface area contributed by atoms with E-state index >= 15 is 0 Å². The van der Waals surface area contributed by atoms with Crippen LogP contribution < -0.4 is 9.47 Å². The summed E-state index contributed by atoms with van der Waals surface area (Å²) in [6, 6.07) is 11.5. The van der Waals surface area contributed by atoms with Crippen molar-refractivity contribution < 1.29 is 9.47 Å². The van der Waals surface area contributed by atoms with Gasteiger partial charge in [-0.2, -0.15) is 0 Å². The molecule has 0 fully saturated rings. The molecule has 0 saturated heterocycles. The molecule has 0 bridgehead atoms. The van der Waals surface area contributed by atoms with Crippen LogP contribution in [-0.2, 0) is 0 Å². The Balaban J connectivity index is 2.17. The smallest absolute Gasteiger partial charge is 0.186 e. The molecule has 0 N–H and O–H groups in total. The van der Waals surface area contributed by atoms with E-state index in [0.29, 0.717) is 11.5 Å². The van der Waals surface area contributed by atoms with Gasteiger partial charge in [-0.1, -0.05) is 17.7 Å². The normalized spacial score (nSPS) is 10.8. The highest BCUT2D eigenvalue weighted by Gasteiger charge is 2.11. The molecule has 0 aliphatic heterocycles. The number of ether oxygens (including phenoxy) is 2. The monoisotopic (exact) mass is 350 g/mol. The molecule has 2 rings (SSSR count). The van der Waals surface area contributed by atoms with E-state index in [0.717, 1.165) is 21.2 Å². The molecule has 0 spiro atoms. The van der Waals surface area contributed by atoms with Crippen LogP contribution in [0.5, 0.6) is 11.5 Å². The van der Waals surface area contributed by atoms with E-state index in [1.807, 2.05) is 54.7 Å². The minimum Gasteiger partial charge on any atom is -0.493 e. The zero-order chi connectivity index (χ0) is 16.8. The van der Waals surface area contributed by atoms with Gasteiger partial charge in [-0.05, 0) is 54.8 Å². The van der Waals surface area contributed by atoms with Gasteiger partial charge in [-0.15, -0.1) is 0 Å². The lowest BCUT2D eigenvalue weighted by molar-refractivity contribution is 0.356. The average molecular weight is 351 g/mol. The first-order valence-electron chi connectivity index (χ1n) is 6.97. The van der Waals surface area contributed by atoms with Crippen molar-refractivity contribution in [2.75, 3.05) is 21.3 Å². The van der Waals surface area contributed by atoms with Crippen molar-refractivity contribution in [2.24, 2.45) is 4.99 Å². The molecule has 4 nitrogen and oxygen atoms in total. The van der Waals surface area contributed by atoms with E-state index in [1.165, 1.54) is 0 Å². The summed E-state index contributed by atoms with van der Waals surface area (Å²) in [5.41, 5.74) is 1.78. The molecule has 2 aromatic carbocycles. The fraction of sp³-hybridized carbons (Fsp3) is 0.235. The van der Waals surface area contributed by atoms with E-state index < -0.39 is 0 Å². The minimum absolute atomic E-state index is 0.633. The van der Waals surface area contributed by atoms with Crippen LogP contribution >= 0.6 is 23.5 Å². The largest absolute Gasteiger partial charge is 0.493 e. The van der Waals surface area contributed by atoms with Crippen molar-refractivity contribution in [1.82, 2.24) is 4.31 Å². The maximum absolute atomic E-state index is 5.89. The molecule has 0 heterocycles. The van der Waals surface area contributed by atoms with Gasteiger partial charge in [0.1, 0.15) is 12.0 Å². The summed E-state index contributed by atoms with van der Waals surface area (Å²) in [6.07, 6.45) is 1.75. The SMILES string of the molecule is COc1ccc(C)c(N=CN(C)Sc2ccc(Cl)cc2)c1OC.